The Morgan fingerprint density at radius 1 is 0.536 bits per heavy atom. The number of unbranched alkanes of at least 4 members (excludes halogenated alkanes) is 10. The van der Waals surface area contributed by atoms with Crippen LogP contribution in [0.4, 0.5) is 11.4 Å². The Bertz CT molecular complexity index is 411. The molecule has 2 nitrogen and oxygen atoms in total. The summed E-state index contributed by atoms with van der Waals surface area (Å²) in [6.07, 6.45) is 19.0. The van der Waals surface area contributed by atoms with E-state index in [2.05, 4.69) is 62.6 Å². The maximum absolute atomic E-state index is 3.66. The highest BCUT2D eigenvalue weighted by molar-refractivity contribution is 5.54. The predicted octanol–water partition coefficient (Wildman–Crippen LogP) is 8.79. The molecule has 0 radical (unpaired) electrons. The minimum absolute atomic E-state index is 0.552. The van der Waals surface area contributed by atoms with E-state index in [1.807, 2.05) is 0 Å². The van der Waals surface area contributed by atoms with E-state index in [-0.39, 0.29) is 0 Å². The molecular weight excluding hydrogens is 340 g/mol. The average Bonchev–Trinajstić information content (AvgIpc) is 2.69. The summed E-state index contributed by atoms with van der Waals surface area (Å²) in [5, 5.41) is 7.31. The van der Waals surface area contributed by atoms with Crippen LogP contribution in [0.2, 0.25) is 0 Å². The molecule has 0 saturated carbocycles. The van der Waals surface area contributed by atoms with Gasteiger partial charge in [-0.05, 0) is 51.0 Å². The standard InChI is InChI=1S/C26H48N2/c1-5-7-9-11-13-15-17-23(3)27-25-19-21-26(22-20-25)28-24(4)18-16-14-12-10-8-6-2/h19-24,27-28H,5-18H2,1-4H3. The van der Waals surface area contributed by atoms with Crippen molar-refractivity contribution < 1.29 is 0 Å². The van der Waals surface area contributed by atoms with E-state index in [0.29, 0.717) is 12.1 Å². The van der Waals surface area contributed by atoms with Crippen molar-refractivity contribution in [2.75, 3.05) is 10.6 Å². The Morgan fingerprint density at radius 2 is 0.857 bits per heavy atom. The van der Waals surface area contributed by atoms with Gasteiger partial charge >= 0.3 is 0 Å². The van der Waals surface area contributed by atoms with Crippen molar-refractivity contribution in [1.29, 1.82) is 0 Å². The van der Waals surface area contributed by atoms with Crippen LogP contribution in [0.1, 0.15) is 118 Å². The molecule has 2 unspecified atom stereocenters. The molecule has 0 saturated heterocycles. The van der Waals surface area contributed by atoms with Crippen molar-refractivity contribution in [3.8, 4) is 0 Å². The molecule has 28 heavy (non-hydrogen) atoms. The molecule has 0 aromatic heterocycles. The average molecular weight is 389 g/mol. The molecule has 1 aromatic carbocycles. The molecule has 0 aliphatic heterocycles. The Balaban J connectivity index is 2.16. The van der Waals surface area contributed by atoms with Crippen LogP contribution in [-0.2, 0) is 0 Å². The minimum Gasteiger partial charge on any atom is -0.383 e. The summed E-state index contributed by atoms with van der Waals surface area (Å²) >= 11 is 0. The van der Waals surface area contributed by atoms with Crippen LogP contribution in [0, 0.1) is 0 Å². The van der Waals surface area contributed by atoms with Crippen LogP contribution in [0.25, 0.3) is 0 Å². The molecule has 1 aromatic rings. The maximum atomic E-state index is 3.66. The molecule has 0 heterocycles. The second-order valence-electron chi connectivity index (χ2n) is 8.78. The molecule has 0 bridgehead atoms. The normalized spacial score (nSPS) is 13.3. The third kappa shape index (κ3) is 13.1. The molecule has 2 N–H and O–H groups in total. The molecule has 0 aliphatic carbocycles. The fourth-order valence-corrected chi connectivity index (χ4v) is 3.84. The molecular formula is C26H48N2. The molecule has 0 amide bonds. The lowest BCUT2D eigenvalue weighted by Gasteiger charge is -2.18. The van der Waals surface area contributed by atoms with Crippen LogP contribution in [0.5, 0.6) is 0 Å². The summed E-state index contributed by atoms with van der Waals surface area (Å²) < 4.78 is 0. The first-order chi connectivity index (χ1) is 13.7. The Labute approximate surface area is 176 Å². The van der Waals surface area contributed by atoms with Crippen molar-refractivity contribution >= 4 is 11.4 Å². The Kier molecular flexibility index (Phi) is 14.9. The van der Waals surface area contributed by atoms with Crippen molar-refractivity contribution in [2.45, 2.75) is 130 Å². The highest BCUT2D eigenvalue weighted by atomic mass is 14.9. The topological polar surface area (TPSA) is 24.1 Å². The van der Waals surface area contributed by atoms with E-state index in [1.54, 1.807) is 0 Å². The minimum atomic E-state index is 0.552. The lowest BCUT2D eigenvalue weighted by Crippen LogP contribution is -2.16. The van der Waals surface area contributed by atoms with E-state index >= 15 is 0 Å². The summed E-state index contributed by atoms with van der Waals surface area (Å²) in [5.41, 5.74) is 2.49. The molecule has 0 aliphatic rings. The molecule has 0 spiro atoms. The van der Waals surface area contributed by atoms with Gasteiger partial charge < -0.3 is 10.6 Å². The maximum Gasteiger partial charge on any atom is 0.0343 e. The largest absolute Gasteiger partial charge is 0.383 e. The van der Waals surface area contributed by atoms with Gasteiger partial charge in [-0.3, -0.25) is 0 Å². The van der Waals surface area contributed by atoms with Crippen LogP contribution in [0.15, 0.2) is 24.3 Å². The smallest absolute Gasteiger partial charge is 0.0343 e. The van der Waals surface area contributed by atoms with E-state index in [0.717, 1.165) is 0 Å². The van der Waals surface area contributed by atoms with E-state index in [4.69, 9.17) is 0 Å². The quantitative estimate of drug-likeness (QED) is 0.245. The first kappa shape index (κ1) is 24.9. The summed E-state index contributed by atoms with van der Waals surface area (Å²) in [5.74, 6) is 0. The van der Waals surface area contributed by atoms with Gasteiger partial charge in [-0.2, -0.15) is 0 Å². The zero-order chi connectivity index (χ0) is 20.5. The van der Waals surface area contributed by atoms with Gasteiger partial charge in [-0.1, -0.05) is 90.9 Å². The molecule has 2 heteroatoms. The number of benzene rings is 1. The van der Waals surface area contributed by atoms with Crippen LogP contribution < -0.4 is 10.6 Å². The Morgan fingerprint density at radius 3 is 1.21 bits per heavy atom. The summed E-state index contributed by atoms with van der Waals surface area (Å²) in [6.45, 7) is 9.17. The van der Waals surface area contributed by atoms with Gasteiger partial charge in [0.25, 0.3) is 0 Å². The van der Waals surface area contributed by atoms with Gasteiger partial charge in [-0.15, -0.1) is 0 Å². The number of rotatable bonds is 18. The van der Waals surface area contributed by atoms with Gasteiger partial charge in [0, 0.05) is 23.5 Å². The van der Waals surface area contributed by atoms with Crippen LogP contribution in [-0.4, -0.2) is 12.1 Å². The van der Waals surface area contributed by atoms with Gasteiger partial charge in [-0.25, -0.2) is 0 Å². The zero-order valence-electron chi connectivity index (χ0n) is 19.4. The highest BCUT2D eigenvalue weighted by Gasteiger charge is 2.04. The molecule has 2 atom stereocenters. The number of hydrogen-bond acceptors (Lipinski definition) is 2. The Hall–Kier alpha value is -1.18. The second-order valence-corrected chi connectivity index (χ2v) is 8.78. The molecule has 162 valence electrons. The number of hydrogen-bond donors (Lipinski definition) is 2. The monoisotopic (exact) mass is 388 g/mol. The first-order valence-corrected chi connectivity index (χ1v) is 12.3. The highest BCUT2D eigenvalue weighted by Crippen LogP contribution is 2.18. The van der Waals surface area contributed by atoms with Crippen LogP contribution >= 0.6 is 0 Å². The SMILES string of the molecule is CCCCCCCCC(C)Nc1ccc(NC(C)CCCCCCCC)cc1. The van der Waals surface area contributed by atoms with Gasteiger partial charge in [0.05, 0.1) is 0 Å². The van der Waals surface area contributed by atoms with Crippen molar-refractivity contribution in [2.24, 2.45) is 0 Å². The van der Waals surface area contributed by atoms with E-state index in [9.17, 15) is 0 Å². The van der Waals surface area contributed by atoms with E-state index in [1.165, 1.54) is 101 Å². The zero-order valence-corrected chi connectivity index (χ0v) is 19.4. The predicted molar refractivity (Wildman–Crippen MR) is 129 cm³/mol. The fourth-order valence-electron chi connectivity index (χ4n) is 3.84. The third-order valence-corrected chi connectivity index (χ3v) is 5.69. The number of nitrogens with one attached hydrogen (secondary N) is 2. The van der Waals surface area contributed by atoms with Crippen LogP contribution in [0.3, 0.4) is 0 Å². The summed E-state index contributed by atoms with van der Waals surface area (Å²) in [6, 6.07) is 9.98. The van der Waals surface area contributed by atoms with Gasteiger partial charge in [0.2, 0.25) is 0 Å². The van der Waals surface area contributed by atoms with Gasteiger partial charge in [0.15, 0.2) is 0 Å². The summed E-state index contributed by atoms with van der Waals surface area (Å²) in [7, 11) is 0. The molecule has 1 rings (SSSR count). The fraction of sp³-hybridized carbons (Fsp3) is 0.769. The number of anilines is 2. The molecule has 0 fully saturated rings. The van der Waals surface area contributed by atoms with Crippen molar-refractivity contribution in [1.82, 2.24) is 0 Å². The lowest BCUT2D eigenvalue weighted by atomic mass is 10.1. The second kappa shape index (κ2) is 16.7. The van der Waals surface area contributed by atoms with E-state index < -0.39 is 0 Å². The third-order valence-electron chi connectivity index (χ3n) is 5.69. The van der Waals surface area contributed by atoms with Crippen molar-refractivity contribution in [3.05, 3.63) is 24.3 Å². The lowest BCUT2D eigenvalue weighted by molar-refractivity contribution is 0.566. The van der Waals surface area contributed by atoms with Crippen molar-refractivity contribution in [3.63, 3.8) is 0 Å². The summed E-state index contributed by atoms with van der Waals surface area (Å²) in [4.78, 5) is 0. The first-order valence-electron chi connectivity index (χ1n) is 12.3. The van der Waals surface area contributed by atoms with Gasteiger partial charge in [0.1, 0.15) is 0 Å².